The molecule has 89 heavy (non-hydrogen) atoms. The van der Waals surface area contributed by atoms with Crippen molar-refractivity contribution in [3.8, 4) is 0 Å². The van der Waals surface area contributed by atoms with E-state index in [9.17, 15) is 40.5 Å². The van der Waals surface area contributed by atoms with Gasteiger partial charge >= 0.3 is 0 Å². The van der Waals surface area contributed by atoms with E-state index in [1.165, 1.54) is 347 Å². The number of aliphatic hydroxyl groups excluding tert-OH is 7. The fourth-order valence-electron chi connectivity index (χ4n) is 13.6. The maximum absolute atomic E-state index is 13.3. The summed E-state index contributed by atoms with van der Waals surface area (Å²) in [7, 11) is 0. The van der Waals surface area contributed by atoms with Crippen molar-refractivity contribution in [2.24, 2.45) is 0 Å². The van der Waals surface area contributed by atoms with Crippen LogP contribution >= 0.6 is 0 Å². The van der Waals surface area contributed by atoms with Crippen molar-refractivity contribution in [3.05, 3.63) is 0 Å². The number of unbranched alkanes of at least 4 members (excludes halogenated alkanes) is 60. The van der Waals surface area contributed by atoms with E-state index in [1.807, 2.05) is 0 Å². The van der Waals surface area contributed by atoms with Crippen LogP contribution in [0, 0.1) is 0 Å². The van der Waals surface area contributed by atoms with Crippen molar-refractivity contribution < 1.29 is 50.0 Å². The molecule has 0 saturated carbocycles. The molecule has 1 rings (SSSR count). The van der Waals surface area contributed by atoms with E-state index in [2.05, 4.69) is 19.2 Å². The molecule has 0 aliphatic carbocycles. The number of hydrogen-bond acceptors (Lipinski definition) is 10. The molecule has 1 amide bonds. The Bertz CT molecular complexity index is 1410. The molecule has 11 heteroatoms. The standard InChI is InChI=1S/C78H155NO10/c1-3-5-7-9-11-13-15-17-19-21-23-25-27-29-31-33-35-37-39-41-43-45-47-49-51-53-55-57-59-61-63-65-70(81)73(83)69(68-88-78-76(86)75(85)74(84)72(67-80)89-78)79-77(87)71(82)66-64-62-60-58-56-54-52-50-48-46-44-42-40-38-36-34-32-30-28-26-24-22-20-18-16-14-12-10-8-6-4-2/h69-76,78,80-86H,3-68H2,1-2H3,(H,79,87). The smallest absolute Gasteiger partial charge is 0.249 e. The van der Waals surface area contributed by atoms with E-state index in [1.54, 1.807) is 0 Å². The highest BCUT2D eigenvalue weighted by molar-refractivity contribution is 5.80. The van der Waals surface area contributed by atoms with Crippen molar-refractivity contribution in [3.63, 3.8) is 0 Å². The first-order chi connectivity index (χ1) is 43.7. The molecule has 0 aromatic heterocycles. The topological polar surface area (TPSA) is 189 Å². The van der Waals surface area contributed by atoms with Gasteiger partial charge in [-0.3, -0.25) is 4.79 Å². The van der Waals surface area contributed by atoms with Crippen molar-refractivity contribution >= 4 is 5.91 Å². The quantitative estimate of drug-likeness (QED) is 0.0272. The summed E-state index contributed by atoms with van der Waals surface area (Å²) >= 11 is 0. The van der Waals surface area contributed by atoms with E-state index in [-0.39, 0.29) is 6.42 Å². The third kappa shape index (κ3) is 54.0. The number of amides is 1. The lowest BCUT2D eigenvalue weighted by molar-refractivity contribution is -0.303. The van der Waals surface area contributed by atoms with Crippen LogP contribution in [0.25, 0.3) is 0 Å². The van der Waals surface area contributed by atoms with Gasteiger partial charge in [-0.1, -0.05) is 412 Å². The lowest BCUT2D eigenvalue weighted by Gasteiger charge is -2.40. The normalized spacial score (nSPS) is 18.4. The first-order valence-electron chi connectivity index (χ1n) is 39.9. The predicted molar refractivity (Wildman–Crippen MR) is 377 cm³/mol. The lowest BCUT2D eigenvalue weighted by Crippen LogP contribution is -2.60. The highest BCUT2D eigenvalue weighted by Crippen LogP contribution is 2.25. The maximum atomic E-state index is 13.3. The SMILES string of the molecule is CCCCCCCCCCCCCCCCCCCCCCCCCCCCCCCCCC(O)C(=O)NC(COC1OC(CO)C(O)C(O)C1O)C(O)C(O)CCCCCCCCCCCCCCCCCCCCCCCCCCCCCCCCC. The number of nitrogens with one attached hydrogen (secondary N) is 1. The second-order valence-electron chi connectivity index (χ2n) is 28.5. The average Bonchev–Trinajstić information content (AvgIpc) is 3.50. The first kappa shape index (κ1) is 86.1. The third-order valence-electron chi connectivity index (χ3n) is 19.9. The van der Waals surface area contributed by atoms with Gasteiger partial charge in [-0.15, -0.1) is 0 Å². The lowest BCUT2D eigenvalue weighted by atomic mass is 9.98. The summed E-state index contributed by atoms with van der Waals surface area (Å²) < 4.78 is 11.2. The molecular formula is C78H155NO10. The molecule has 0 bridgehead atoms. The molecule has 0 aromatic rings. The summed E-state index contributed by atoms with van der Waals surface area (Å²) in [6, 6.07) is -1.17. The molecule has 11 nitrogen and oxygen atoms in total. The van der Waals surface area contributed by atoms with Crippen LogP contribution in [0.3, 0.4) is 0 Å². The van der Waals surface area contributed by atoms with Crippen LogP contribution in [0.15, 0.2) is 0 Å². The Hall–Kier alpha value is -0.890. The molecule has 1 aliphatic heterocycles. The second-order valence-corrected chi connectivity index (χ2v) is 28.5. The molecule has 532 valence electrons. The Balaban J connectivity index is 2.12. The molecule has 0 aromatic carbocycles. The molecule has 1 aliphatic rings. The molecular weight excluding hydrogens is 1110 g/mol. The Morgan fingerprint density at radius 2 is 0.584 bits per heavy atom. The summed E-state index contributed by atoms with van der Waals surface area (Å²) in [6.45, 7) is 3.54. The fourth-order valence-corrected chi connectivity index (χ4v) is 13.6. The van der Waals surface area contributed by atoms with Gasteiger partial charge in [0.1, 0.15) is 36.6 Å². The first-order valence-corrected chi connectivity index (χ1v) is 39.9. The summed E-state index contributed by atoms with van der Waals surface area (Å²) in [4.78, 5) is 13.3. The van der Waals surface area contributed by atoms with Gasteiger partial charge < -0.3 is 50.5 Å². The molecule has 1 heterocycles. The number of rotatable bonds is 72. The number of carbonyl (C=O) groups is 1. The predicted octanol–water partition coefficient (Wildman–Crippen LogP) is 20.4. The van der Waals surface area contributed by atoms with E-state index in [0.29, 0.717) is 19.3 Å². The molecule has 1 saturated heterocycles. The molecule has 9 unspecified atom stereocenters. The van der Waals surface area contributed by atoms with Gasteiger partial charge in [0.05, 0.1) is 25.4 Å². The number of carbonyl (C=O) groups excluding carboxylic acids is 1. The maximum Gasteiger partial charge on any atom is 0.249 e. The van der Waals surface area contributed by atoms with Gasteiger partial charge in [0, 0.05) is 0 Å². The second kappa shape index (κ2) is 67.1. The Labute approximate surface area is 551 Å². The highest BCUT2D eigenvalue weighted by atomic mass is 16.7. The van der Waals surface area contributed by atoms with Gasteiger partial charge in [-0.25, -0.2) is 0 Å². The minimum atomic E-state index is -1.66. The van der Waals surface area contributed by atoms with Crippen LogP contribution in [0.1, 0.15) is 425 Å². The van der Waals surface area contributed by atoms with Gasteiger partial charge in [-0.05, 0) is 12.8 Å². The Kier molecular flexibility index (Phi) is 64.9. The highest BCUT2D eigenvalue weighted by Gasteiger charge is 2.44. The van der Waals surface area contributed by atoms with Crippen LogP contribution in [0.2, 0.25) is 0 Å². The zero-order valence-corrected chi connectivity index (χ0v) is 59.2. The van der Waals surface area contributed by atoms with E-state index in [0.717, 1.165) is 38.5 Å². The summed E-state index contributed by atoms with van der Waals surface area (Å²) in [5, 5.41) is 76.8. The van der Waals surface area contributed by atoms with Crippen LogP contribution in [-0.4, -0.2) is 110 Å². The number of ether oxygens (including phenoxy) is 2. The van der Waals surface area contributed by atoms with Crippen LogP contribution in [-0.2, 0) is 14.3 Å². The fraction of sp³-hybridized carbons (Fsp3) is 0.987. The minimum absolute atomic E-state index is 0.268. The van der Waals surface area contributed by atoms with E-state index in [4.69, 9.17) is 9.47 Å². The third-order valence-corrected chi connectivity index (χ3v) is 19.9. The monoisotopic (exact) mass is 1270 g/mol. The van der Waals surface area contributed by atoms with Crippen molar-refractivity contribution in [2.45, 2.75) is 480 Å². The van der Waals surface area contributed by atoms with Crippen molar-refractivity contribution in [1.29, 1.82) is 0 Å². The van der Waals surface area contributed by atoms with Gasteiger partial charge in [0.2, 0.25) is 5.91 Å². The van der Waals surface area contributed by atoms with E-state index >= 15 is 0 Å². The molecule has 0 radical (unpaired) electrons. The van der Waals surface area contributed by atoms with Crippen molar-refractivity contribution in [1.82, 2.24) is 5.32 Å². The summed E-state index contributed by atoms with van der Waals surface area (Å²) in [6.07, 6.45) is 72.2. The van der Waals surface area contributed by atoms with E-state index < -0.39 is 74.2 Å². The summed E-state index contributed by atoms with van der Waals surface area (Å²) in [5.74, 6) is -0.685. The van der Waals surface area contributed by atoms with Gasteiger partial charge in [0.25, 0.3) is 0 Å². The molecule has 0 spiro atoms. The molecule has 1 fully saturated rings. The van der Waals surface area contributed by atoms with Crippen LogP contribution in [0.4, 0.5) is 0 Å². The average molecular weight is 1270 g/mol. The zero-order chi connectivity index (χ0) is 64.6. The van der Waals surface area contributed by atoms with Gasteiger partial charge in [0.15, 0.2) is 6.29 Å². The van der Waals surface area contributed by atoms with Crippen LogP contribution < -0.4 is 5.32 Å². The zero-order valence-electron chi connectivity index (χ0n) is 59.2. The van der Waals surface area contributed by atoms with Crippen LogP contribution in [0.5, 0.6) is 0 Å². The molecule has 9 atom stereocenters. The Morgan fingerprint density at radius 1 is 0.348 bits per heavy atom. The largest absolute Gasteiger partial charge is 0.394 e. The number of hydrogen-bond donors (Lipinski definition) is 8. The summed E-state index contributed by atoms with van der Waals surface area (Å²) in [5.41, 5.74) is 0. The van der Waals surface area contributed by atoms with Crippen molar-refractivity contribution in [2.75, 3.05) is 13.2 Å². The molecule has 8 N–H and O–H groups in total. The number of aliphatic hydroxyl groups is 7. The Morgan fingerprint density at radius 3 is 0.831 bits per heavy atom. The van der Waals surface area contributed by atoms with Gasteiger partial charge in [-0.2, -0.15) is 0 Å². The minimum Gasteiger partial charge on any atom is -0.394 e.